The van der Waals surface area contributed by atoms with E-state index in [-0.39, 0.29) is 6.10 Å². The van der Waals surface area contributed by atoms with Crippen LogP contribution in [-0.2, 0) is 0 Å². The maximum absolute atomic E-state index is 6.20. The first-order valence-corrected chi connectivity index (χ1v) is 7.77. The van der Waals surface area contributed by atoms with Crippen molar-refractivity contribution in [3.05, 3.63) is 24.3 Å². The van der Waals surface area contributed by atoms with E-state index in [2.05, 4.69) is 6.92 Å². The lowest BCUT2D eigenvalue weighted by molar-refractivity contribution is 0.0668. The molecule has 2 rings (SSSR count). The molecule has 0 bridgehead atoms. The molecule has 1 aromatic carbocycles. The van der Waals surface area contributed by atoms with E-state index in [9.17, 15) is 0 Å². The van der Waals surface area contributed by atoms with Crippen molar-refractivity contribution in [1.82, 2.24) is 0 Å². The maximum atomic E-state index is 6.20. The van der Waals surface area contributed by atoms with Crippen LogP contribution in [0.2, 0.25) is 0 Å². The molecule has 0 aromatic heterocycles. The van der Waals surface area contributed by atoms with Gasteiger partial charge in [0.15, 0.2) is 0 Å². The first-order valence-electron chi connectivity index (χ1n) is 7.77. The first-order chi connectivity index (χ1) is 9.76. The van der Waals surface area contributed by atoms with E-state index in [0.29, 0.717) is 5.92 Å². The van der Waals surface area contributed by atoms with E-state index in [0.717, 1.165) is 30.4 Å². The number of rotatable bonds is 6. The second-order valence-electron chi connectivity index (χ2n) is 5.80. The normalized spacial score (nSPS) is 26.2. The molecule has 1 saturated carbocycles. The number of ether oxygens (including phenoxy) is 2. The summed E-state index contributed by atoms with van der Waals surface area (Å²) in [5.74, 6) is 3.07. The Balaban J connectivity index is 1.99. The van der Waals surface area contributed by atoms with Crippen LogP contribution < -0.4 is 15.2 Å². The van der Waals surface area contributed by atoms with Gasteiger partial charge in [0.2, 0.25) is 0 Å². The molecule has 0 spiro atoms. The van der Waals surface area contributed by atoms with E-state index in [4.69, 9.17) is 15.2 Å². The van der Waals surface area contributed by atoms with E-state index < -0.39 is 0 Å². The van der Waals surface area contributed by atoms with Crippen molar-refractivity contribution in [2.24, 2.45) is 17.6 Å². The monoisotopic (exact) mass is 277 g/mol. The molecule has 2 N–H and O–H groups in total. The smallest absolute Gasteiger partial charge is 0.120 e. The van der Waals surface area contributed by atoms with Crippen LogP contribution in [0.25, 0.3) is 0 Å². The molecule has 0 radical (unpaired) electrons. The summed E-state index contributed by atoms with van der Waals surface area (Å²) in [4.78, 5) is 0. The Kier molecular flexibility index (Phi) is 5.72. The minimum Gasteiger partial charge on any atom is -0.497 e. The lowest BCUT2D eigenvalue weighted by atomic mass is 9.78. The third-order valence-corrected chi connectivity index (χ3v) is 4.38. The fourth-order valence-corrected chi connectivity index (χ4v) is 3.19. The Bertz CT molecular complexity index is 390. The van der Waals surface area contributed by atoms with Crippen LogP contribution in [0.3, 0.4) is 0 Å². The third-order valence-electron chi connectivity index (χ3n) is 4.38. The van der Waals surface area contributed by atoms with E-state index in [1.54, 1.807) is 7.11 Å². The molecular weight excluding hydrogens is 250 g/mol. The molecule has 1 aromatic rings. The molecule has 1 aliphatic carbocycles. The molecule has 3 atom stereocenters. The Morgan fingerprint density at radius 1 is 1.15 bits per heavy atom. The number of hydrogen-bond acceptors (Lipinski definition) is 3. The number of methoxy groups -OCH3 is 1. The number of hydrogen-bond donors (Lipinski definition) is 1. The third kappa shape index (κ3) is 3.89. The first kappa shape index (κ1) is 15.2. The van der Waals surface area contributed by atoms with Crippen molar-refractivity contribution >= 4 is 0 Å². The van der Waals surface area contributed by atoms with Gasteiger partial charge < -0.3 is 15.2 Å². The van der Waals surface area contributed by atoms with Crippen molar-refractivity contribution in [2.75, 3.05) is 13.7 Å². The minimum absolute atomic E-state index is 0.263. The summed E-state index contributed by atoms with van der Waals surface area (Å²) in [6.45, 7) is 2.98. The quantitative estimate of drug-likeness (QED) is 0.863. The molecule has 3 nitrogen and oxygen atoms in total. The molecule has 0 aliphatic heterocycles. The van der Waals surface area contributed by atoms with Gasteiger partial charge in [-0.2, -0.15) is 0 Å². The summed E-state index contributed by atoms with van der Waals surface area (Å²) in [5, 5.41) is 0. The zero-order valence-corrected chi connectivity index (χ0v) is 12.7. The van der Waals surface area contributed by atoms with Gasteiger partial charge in [-0.15, -0.1) is 0 Å². The van der Waals surface area contributed by atoms with Crippen LogP contribution in [0.1, 0.15) is 39.0 Å². The molecule has 3 heteroatoms. The molecule has 0 saturated heterocycles. The Morgan fingerprint density at radius 3 is 2.45 bits per heavy atom. The van der Waals surface area contributed by atoms with Gasteiger partial charge in [0.25, 0.3) is 0 Å². The largest absolute Gasteiger partial charge is 0.497 e. The Labute approximate surface area is 122 Å². The predicted octanol–water partition coefficient (Wildman–Crippen LogP) is 3.62. The van der Waals surface area contributed by atoms with Crippen molar-refractivity contribution < 1.29 is 9.47 Å². The number of benzene rings is 1. The van der Waals surface area contributed by atoms with Gasteiger partial charge in [0.1, 0.15) is 17.6 Å². The van der Waals surface area contributed by atoms with Gasteiger partial charge >= 0.3 is 0 Å². The van der Waals surface area contributed by atoms with Crippen LogP contribution in [0, 0.1) is 11.8 Å². The SMILES string of the molecule is CCCC1CCC(CN)C(Oc2ccc(OC)cc2)C1. The zero-order valence-electron chi connectivity index (χ0n) is 12.7. The summed E-state index contributed by atoms with van der Waals surface area (Å²) in [6, 6.07) is 7.85. The highest BCUT2D eigenvalue weighted by Gasteiger charge is 2.30. The van der Waals surface area contributed by atoms with Crippen molar-refractivity contribution in [2.45, 2.75) is 45.1 Å². The average Bonchev–Trinajstić information content (AvgIpc) is 2.49. The number of nitrogens with two attached hydrogens (primary N) is 1. The van der Waals surface area contributed by atoms with Gasteiger partial charge in [-0.3, -0.25) is 0 Å². The van der Waals surface area contributed by atoms with Crippen LogP contribution in [-0.4, -0.2) is 19.8 Å². The summed E-state index contributed by atoms with van der Waals surface area (Å²) in [7, 11) is 1.68. The summed E-state index contributed by atoms with van der Waals surface area (Å²) < 4.78 is 11.4. The fourth-order valence-electron chi connectivity index (χ4n) is 3.19. The van der Waals surface area contributed by atoms with E-state index in [1.807, 2.05) is 24.3 Å². The topological polar surface area (TPSA) is 44.5 Å². The Morgan fingerprint density at radius 2 is 1.85 bits per heavy atom. The Hall–Kier alpha value is -1.22. The van der Waals surface area contributed by atoms with Crippen LogP contribution in [0.15, 0.2) is 24.3 Å². The predicted molar refractivity (Wildman–Crippen MR) is 82.2 cm³/mol. The van der Waals surface area contributed by atoms with Gasteiger partial charge in [-0.05, 0) is 56.0 Å². The second-order valence-corrected chi connectivity index (χ2v) is 5.80. The standard InChI is InChI=1S/C17H27NO2/c1-3-4-13-5-6-14(12-18)17(11-13)20-16-9-7-15(19-2)8-10-16/h7-10,13-14,17H,3-6,11-12,18H2,1-2H3. The van der Waals surface area contributed by atoms with Crippen LogP contribution >= 0.6 is 0 Å². The molecular formula is C17H27NO2. The van der Waals surface area contributed by atoms with Crippen molar-refractivity contribution in [3.63, 3.8) is 0 Å². The highest BCUT2D eigenvalue weighted by Crippen LogP contribution is 2.34. The van der Waals surface area contributed by atoms with Gasteiger partial charge in [-0.1, -0.05) is 19.8 Å². The highest BCUT2D eigenvalue weighted by molar-refractivity contribution is 5.31. The summed E-state index contributed by atoms with van der Waals surface area (Å²) in [6.07, 6.45) is 6.47. The molecule has 1 fully saturated rings. The molecule has 112 valence electrons. The highest BCUT2D eigenvalue weighted by atomic mass is 16.5. The molecule has 0 heterocycles. The van der Waals surface area contributed by atoms with E-state index in [1.165, 1.54) is 25.7 Å². The molecule has 0 amide bonds. The lowest BCUT2D eigenvalue weighted by Crippen LogP contribution is -2.38. The van der Waals surface area contributed by atoms with Crippen LogP contribution in [0.4, 0.5) is 0 Å². The second kappa shape index (κ2) is 7.53. The summed E-state index contributed by atoms with van der Waals surface area (Å²) >= 11 is 0. The van der Waals surface area contributed by atoms with E-state index >= 15 is 0 Å². The fraction of sp³-hybridized carbons (Fsp3) is 0.647. The lowest BCUT2D eigenvalue weighted by Gasteiger charge is -2.35. The van der Waals surface area contributed by atoms with Gasteiger partial charge in [-0.25, -0.2) is 0 Å². The van der Waals surface area contributed by atoms with Gasteiger partial charge in [0, 0.05) is 5.92 Å². The van der Waals surface area contributed by atoms with Crippen LogP contribution in [0.5, 0.6) is 11.5 Å². The summed E-state index contributed by atoms with van der Waals surface area (Å²) in [5.41, 5.74) is 5.91. The van der Waals surface area contributed by atoms with Crippen molar-refractivity contribution in [3.8, 4) is 11.5 Å². The van der Waals surface area contributed by atoms with Gasteiger partial charge in [0.05, 0.1) is 7.11 Å². The maximum Gasteiger partial charge on any atom is 0.120 e. The molecule has 1 aliphatic rings. The van der Waals surface area contributed by atoms with Crippen molar-refractivity contribution in [1.29, 1.82) is 0 Å². The zero-order chi connectivity index (χ0) is 14.4. The molecule has 20 heavy (non-hydrogen) atoms. The average molecular weight is 277 g/mol. The minimum atomic E-state index is 0.263. The molecule has 3 unspecified atom stereocenters.